The summed E-state index contributed by atoms with van der Waals surface area (Å²) in [5.74, 6) is -0.0502. The van der Waals surface area contributed by atoms with Crippen molar-refractivity contribution >= 4 is 17.4 Å². The van der Waals surface area contributed by atoms with Gasteiger partial charge in [0.1, 0.15) is 11.5 Å². The Morgan fingerprint density at radius 3 is 2.74 bits per heavy atom. The molecule has 3 heterocycles. The lowest BCUT2D eigenvalue weighted by atomic mass is 10.0. The van der Waals surface area contributed by atoms with Gasteiger partial charge in [0.05, 0.1) is 12.2 Å². The van der Waals surface area contributed by atoms with E-state index in [0.29, 0.717) is 31.8 Å². The molecule has 1 aromatic carbocycles. The third kappa shape index (κ3) is 3.96. The van der Waals surface area contributed by atoms with Crippen LogP contribution >= 0.6 is 0 Å². The molecule has 1 spiro atoms. The van der Waals surface area contributed by atoms with Crippen LogP contribution in [0.25, 0.3) is 0 Å². The van der Waals surface area contributed by atoms with E-state index in [4.69, 9.17) is 4.84 Å². The lowest BCUT2D eigenvalue weighted by molar-refractivity contribution is -0.120. The Morgan fingerprint density at radius 1 is 1.22 bits per heavy atom. The molecule has 1 amide bonds. The average molecular weight is 369 g/mol. The molecule has 0 atom stereocenters. The molecule has 0 aliphatic carbocycles. The summed E-state index contributed by atoms with van der Waals surface area (Å²) in [6, 6.07) is 11.8. The number of aromatic nitrogens is 1. The van der Waals surface area contributed by atoms with E-state index in [-0.39, 0.29) is 18.1 Å². The molecule has 1 aromatic heterocycles. The number of hydroxylamine groups is 1. The van der Waals surface area contributed by atoms with E-state index in [2.05, 4.69) is 20.8 Å². The van der Waals surface area contributed by atoms with Crippen molar-refractivity contribution in [3.63, 3.8) is 0 Å². The highest BCUT2D eigenvalue weighted by Crippen LogP contribution is 2.30. The molecule has 140 valence electrons. The molecular weight excluding hydrogens is 349 g/mol. The van der Waals surface area contributed by atoms with E-state index in [1.165, 1.54) is 6.07 Å². The summed E-state index contributed by atoms with van der Waals surface area (Å²) in [4.78, 5) is 28.9. The minimum absolute atomic E-state index is 0.198. The lowest BCUT2D eigenvalue weighted by Gasteiger charge is -2.35. The molecule has 8 heteroatoms. The number of amidine groups is 1. The van der Waals surface area contributed by atoms with Crippen molar-refractivity contribution in [1.29, 1.82) is 0 Å². The topological polar surface area (TPSA) is 78.9 Å². The van der Waals surface area contributed by atoms with Gasteiger partial charge in [-0.1, -0.05) is 18.2 Å². The number of aliphatic imine (C=N–C) groups is 1. The van der Waals surface area contributed by atoms with Crippen LogP contribution in [0.2, 0.25) is 0 Å². The van der Waals surface area contributed by atoms with Gasteiger partial charge in [0.25, 0.3) is 0 Å². The molecule has 27 heavy (non-hydrogen) atoms. The first-order chi connectivity index (χ1) is 13.1. The van der Waals surface area contributed by atoms with Crippen LogP contribution in [0.5, 0.6) is 0 Å². The summed E-state index contributed by atoms with van der Waals surface area (Å²) >= 11 is 0. The summed E-state index contributed by atoms with van der Waals surface area (Å²) in [5.41, 5.74) is 3.19. The Morgan fingerprint density at radius 2 is 2.00 bits per heavy atom. The molecule has 0 bridgehead atoms. The number of carbonyl (C=O) groups excluding carboxylic acids is 1. The van der Waals surface area contributed by atoms with Gasteiger partial charge in [-0.25, -0.2) is 19.7 Å². The number of carbonyl (C=O) groups is 1. The first-order valence-electron chi connectivity index (χ1n) is 8.86. The fourth-order valence-electron chi connectivity index (χ4n) is 3.23. The van der Waals surface area contributed by atoms with Gasteiger partial charge in [0.15, 0.2) is 11.6 Å². The van der Waals surface area contributed by atoms with E-state index in [0.717, 1.165) is 5.69 Å². The number of nitrogens with zero attached hydrogens (tertiary/aromatic N) is 3. The third-order valence-corrected chi connectivity index (χ3v) is 4.71. The number of halogens is 1. The Balaban J connectivity index is 1.32. The normalized spacial score (nSPS) is 18.8. The SMILES string of the molecule is O=C(CN1CCC2(CC1)N=C(c1ccccn1)NO2)Nc1ccccc1F. The summed E-state index contributed by atoms with van der Waals surface area (Å²) in [6.07, 6.45) is 3.02. The smallest absolute Gasteiger partial charge is 0.238 e. The van der Waals surface area contributed by atoms with Gasteiger partial charge in [-0.15, -0.1) is 0 Å². The number of amides is 1. The second-order valence-electron chi connectivity index (χ2n) is 6.63. The van der Waals surface area contributed by atoms with Crippen molar-refractivity contribution in [2.45, 2.75) is 18.6 Å². The maximum absolute atomic E-state index is 13.6. The van der Waals surface area contributed by atoms with Crippen LogP contribution in [-0.2, 0) is 9.63 Å². The van der Waals surface area contributed by atoms with Gasteiger partial charge < -0.3 is 5.32 Å². The summed E-state index contributed by atoms with van der Waals surface area (Å²) in [5, 5.41) is 2.61. The molecule has 2 N–H and O–H groups in total. The molecule has 0 radical (unpaired) electrons. The van der Waals surface area contributed by atoms with Gasteiger partial charge in [0.2, 0.25) is 5.91 Å². The van der Waals surface area contributed by atoms with Crippen LogP contribution < -0.4 is 10.8 Å². The predicted octanol–water partition coefficient (Wildman–Crippen LogP) is 1.93. The van der Waals surface area contributed by atoms with Crippen molar-refractivity contribution in [3.05, 3.63) is 60.2 Å². The van der Waals surface area contributed by atoms with Gasteiger partial charge in [0, 0.05) is 32.1 Å². The summed E-state index contributed by atoms with van der Waals surface area (Å²) in [6.45, 7) is 1.52. The van der Waals surface area contributed by atoms with Crippen molar-refractivity contribution in [3.8, 4) is 0 Å². The summed E-state index contributed by atoms with van der Waals surface area (Å²) < 4.78 is 13.6. The van der Waals surface area contributed by atoms with Crippen molar-refractivity contribution in [1.82, 2.24) is 15.4 Å². The zero-order valence-electron chi connectivity index (χ0n) is 14.7. The van der Waals surface area contributed by atoms with E-state index >= 15 is 0 Å². The van der Waals surface area contributed by atoms with E-state index in [1.807, 2.05) is 23.1 Å². The van der Waals surface area contributed by atoms with Crippen LogP contribution in [0, 0.1) is 5.82 Å². The average Bonchev–Trinajstić information content (AvgIpc) is 3.10. The first-order valence-corrected chi connectivity index (χ1v) is 8.86. The minimum Gasteiger partial charge on any atom is -0.322 e. The zero-order valence-corrected chi connectivity index (χ0v) is 14.7. The van der Waals surface area contributed by atoms with Crippen LogP contribution in [0.15, 0.2) is 53.7 Å². The second-order valence-corrected chi connectivity index (χ2v) is 6.63. The molecule has 2 aliphatic rings. The fourth-order valence-corrected chi connectivity index (χ4v) is 3.23. The molecule has 4 rings (SSSR count). The molecule has 1 saturated heterocycles. The number of nitrogens with one attached hydrogen (secondary N) is 2. The molecule has 0 unspecified atom stereocenters. The molecule has 7 nitrogen and oxygen atoms in total. The van der Waals surface area contributed by atoms with Gasteiger partial charge in [-0.05, 0) is 24.3 Å². The molecule has 2 aromatic rings. The Hall–Kier alpha value is -2.84. The summed E-state index contributed by atoms with van der Waals surface area (Å²) in [7, 11) is 0. The standard InChI is InChI=1S/C19H20FN5O2/c20-14-5-1-2-6-15(14)22-17(26)13-25-11-8-19(9-12-25)23-18(24-27-19)16-7-3-4-10-21-16/h1-7,10H,8-9,11-13H2,(H,22,26)(H,23,24). The number of anilines is 1. The third-order valence-electron chi connectivity index (χ3n) is 4.71. The Labute approximate surface area is 156 Å². The number of benzene rings is 1. The lowest BCUT2D eigenvalue weighted by Crippen LogP contribution is -2.46. The highest BCUT2D eigenvalue weighted by Gasteiger charge is 2.40. The molecular formula is C19H20FN5O2. The minimum atomic E-state index is -0.620. The Bertz CT molecular complexity index is 850. The maximum Gasteiger partial charge on any atom is 0.238 e. The monoisotopic (exact) mass is 369 g/mol. The van der Waals surface area contributed by atoms with E-state index < -0.39 is 11.5 Å². The maximum atomic E-state index is 13.6. The quantitative estimate of drug-likeness (QED) is 0.861. The largest absolute Gasteiger partial charge is 0.322 e. The van der Waals surface area contributed by atoms with Crippen molar-refractivity contribution < 1.29 is 14.0 Å². The second kappa shape index (κ2) is 7.42. The fraction of sp³-hybridized carbons (Fsp3) is 0.316. The zero-order chi connectivity index (χ0) is 18.7. The van der Waals surface area contributed by atoms with E-state index in [1.54, 1.807) is 24.4 Å². The highest BCUT2D eigenvalue weighted by molar-refractivity contribution is 5.97. The molecule has 2 aliphatic heterocycles. The number of hydrogen-bond donors (Lipinski definition) is 2. The number of likely N-dealkylation sites (tertiary alicyclic amines) is 1. The number of piperidine rings is 1. The number of rotatable bonds is 4. The van der Waals surface area contributed by atoms with Crippen LogP contribution in [0.1, 0.15) is 18.5 Å². The molecule has 1 fully saturated rings. The predicted molar refractivity (Wildman–Crippen MR) is 98.4 cm³/mol. The van der Waals surface area contributed by atoms with Crippen LogP contribution in [0.4, 0.5) is 10.1 Å². The number of pyridine rings is 1. The Kier molecular flexibility index (Phi) is 4.83. The van der Waals surface area contributed by atoms with Crippen LogP contribution in [-0.4, -0.2) is 47.0 Å². The molecule has 0 saturated carbocycles. The first kappa shape index (κ1) is 17.6. The van der Waals surface area contributed by atoms with Crippen molar-refractivity contribution in [2.75, 3.05) is 25.0 Å². The van der Waals surface area contributed by atoms with E-state index in [9.17, 15) is 9.18 Å². The highest BCUT2D eigenvalue weighted by atomic mass is 19.1. The van der Waals surface area contributed by atoms with Gasteiger partial charge in [-0.2, -0.15) is 0 Å². The van der Waals surface area contributed by atoms with Crippen LogP contribution in [0.3, 0.4) is 0 Å². The number of para-hydroxylation sites is 1. The van der Waals surface area contributed by atoms with Crippen molar-refractivity contribution in [2.24, 2.45) is 4.99 Å². The van der Waals surface area contributed by atoms with Gasteiger partial charge in [-0.3, -0.25) is 14.7 Å². The van der Waals surface area contributed by atoms with Gasteiger partial charge >= 0.3 is 0 Å². The number of hydrogen-bond acceptors (Lipinski definition) is 6.